The van der Waals surface area contributed by atoms with Crippen molar-refractivity contribution in [1.29, 1.82) is 0 Å². The zero-order valence-electron chi connectivity index (χ0n) is 22.6. The zero-order chi connectivity index (χ0) is 27.2. The molecular formula is C28H39FN4O3S. The number of carbonyl (C=O) groups excluding carboxylic acids is 1. The van der Waals surface area contributed by atoms with Gasteiger partial charge in [-0.3, -0.25) is 9.10 Å². The third-order valence-corrected chi connectivity index (χ3v) is 6.22. The van der Waals surface area contributed by atoms with E-state index >= 15 is 0 Å². The highest BCUT2D eigenvalue weighted by Gasteiger charge is 2.35. The van der Waals surface area contributed by atoms with Gasteiger partial charge in [0.2, 0.25) is 11.9 Å². The van der Waals surface area contributed by atoms with Gasteiger partial charge in [0, 0.05) is 31.1 Å². The molecule has 1 aliphatic heterocycles. The van der Waals surface area contributed by atoms with E-state index in [0.717, 1.165) is 29.7 Å². The Morgan fingerprint density at radius 1 is 1.27 bits per heavy atom. The van der Waals surface area contributed by atoms with Crippen LogP contribution in [0.15, 0.2) is 30.3 Å². The van der Waals surface area contributed by atoms with Crippen molar-refractivity contribution in [3.8, 4) is 11.3 Å². The number of nitrogens with one attached hydrogen (secondary N) is 1. The number of carbonyl (C=O) groups is 1. The van der Waals surface area contributed by atoms with E-state index < -0.39 is 5.79 Å². The van der Waals surface area contributed by atoms with Gasteiger partial charge in [-0.2, -0.15) is 0 Å². The number of amides is 1. The van der Waals surface area contributed by atoms with Crippen LogP contribution in [-0.4, -0.2) is 47.5 Å². The minimum Gasteiger partial charge on any atom is -0.356 e. The second-order valence-electron chi connectivity index (χ2n) is 10.2. The van der Waals surface area contributed by atoms with Gasteiger partial charge in [0.15, 0.2) is 5.79 Å². The summed E-state index contributed by atoms with van der Waals surface area (Å²) in [5.74, 6) is -0.605. The molecule has 1 aromatic heterocycles. The van der Waals surface area contributed by atoms with Crippen molar-refractivity contribution in [2.75, 3.05) is 17.9 Å². The van der Waals surface area contributed by atoms with Crippen molar-refractivity contribution in [2.24, 2.45) is 0 Å². The Bertz CT molecular complexity index is 1090. The number of anilines is 1. The van der Waals surface area contributed by atoms with Crippen LogP contribution in [-0.2, 0) is 14.3 Å². The predicted octanol–water partition coefficient (Wildman–Crippen LogP) is 5.92. The number of rotatable bonds is 10. The molecule has 1 N–H and O–H groups in total. The number of thiol groups is 1. The Morgan fingerprint density at radius 2 is 1.97 bits per heavy atom. The van der Waals surface area contributed by atoms with Crippen LogP contribution >= 0.6 is 12.8 Å². The van der Waals surface area contributed by atoms with Gasteiger partial charge in [0.1, 0.15) is 5.82 Å². The van der Waals surface area contributed by atoms with Crippen molar-refractivity contribution in [2.45, 2.75) is 84.2 Å². The smallest absolute Gasteiger partial charge is 0.235 e. The first-order valence-corrected chi connectivity index (χ1v) is 13.3. The molecule has 3 rings (SSSR count). The number of ether oxygens (including phenoxy) is 2. The Morgan fingerprint density at radius 3 is 2.59 bits per heavy atom. The Balaban J connectivity index is 1.93. The molecule has 7 nitrogen and oxygen atoms in total. The molecule has 37 heavy (non-hydrogen) atoms. The largest absolute Gasteiger partial charge is 0.356 e. The van der Waals surface area contributed by atoms with Gasteiger partial charge in [-0.15, -0.1) is 0 Å². The molecule has 1 aromatic carbocycles. The summed E-state index contributed by atoms with van der Waals surface area (Å²) >= 11 is 4.40. The monoisotopic (exact) mass is 530 g/mol. The van der Waals surface area contributed by atoms with E-state index in [0.29, 0.717) is 24.6 Å². The van der Waals surface area contributed by atoms with Crippen LogP contribution in [0.5, 0.6) is 0 Å². The lowest BCUT2D eigenvalue weighted by atomic mass is 9.97. The summed E-state index contributed by atoms with van der Waals surface area (Å²) < 4.78 is 27.5. The van der Waals surface area contributed by atoms with Crippen LogP contribution in [0.1, 0.15) is 77.5 Å². The molecule has 0 bridgehead atoms. The highest BCUT2D eigenvalue weighted by molar-refractivity contribution is 7.81. The summed E-state index contributed by atoms with van der Waals surface area (Å²) in [4.78, 5) is 21.9. The summed E-state index contributed by atoms with van der Waals surface area (Å²) in [5.41, 5.74) is 3.14. The molecule has 0 spiro atoms. The normalized spacial score (nSPS) is 19.4. The van der Waals surface area contributed by atoms with Gasteiger partial charge in [0.05, 0.1) is 30.0 Å². The summed E-state index contributed by atoms with van der Waals surface area (Å²) in [7, 11) is 1.77. The standard InChI is InChI=1S/C28H39FN4O3S/c1-7-8-15-30-24(34)17-22-16-21(35-28(4,5)36-22)13-14-23-25(18(2)3)31-27(33(6)37)32-26(23)19-9-11-20(29)12-10-19/h9-14,18,21-22,37H,7-8,15-17H2,1-6H3,(H,30,34)/b14-13+/t21-,22-/m1/s1. The third kappa shape index (κ3) is 8.25. The average Bonchev–Trinajstić information content (AvgIpc) is 2.81. The van der Waals surface area contributed by atoms with E-state index in [2.05, 4.69) is 38.9 Å². The van der Waals surface area contributed by atoms with Gasteiger partial charge >= 0.3 is 0 Å². The number of hydrogen-bond acceptors (Lipinski definition) is 7. The number of aromatic nitrogens is 2. The first-order valence-electron chi connectivity index (χ1n) is 12.9. The van der Waals surface area contributed by atoms with Crippen molar-refractivity contribution in [3.05, 3.63) is 47.4 Å². The quantitative estimate of drug-likeness (QED) is 0.294. The minimum absolute atomic E-state index is 0.0144. The molecule has 202 valence electrons. The van der Waals surface area contributed by atoms with Gasteiger partial charge in [-0.1, -0.05) is 52.2 Å². The molecule has 2 aromatic rings. The van der Waals surface area contributed by atoms with Crippen LogP contribution in [0.3, 0.4) is 0 Å². The van der Waals surface area contributed by atoms with E-state index in [-0.39, 0.29) is 36.3 Å². The summed E-state index contributed by atoms with van der Waals surface area (Å²) in [6.07, 6.45) is 6.22. The summed E-state index contributed by atoms with van der Waals surface area (Å²) in [6.45, 7) is 10.6. The average molecular weight is 531 g/mol. The molecule has 2 heterocycles. The number of hydrogen-bond donors (Lipinski definition) is 2. The predicted molar refractivity (Wildman–Crippen MR) is 149 cm³/mol. The fourth-order valence-electron chi connectivity index (χ4n) is 4.33. The maximum atomic E-state index is 13.7. The van der Waals surface area contributed by atoms with Crippen molar-refractivity contribution in [1.82, 2.24) is 15.3 Å². The Kier molecular flexibility index (Phi) is 10.1. The van der Waals surface area contributed by atoms with Crippen LogP contribution in [0.2, 0.25) is 0 Å². The molecule has 0 aliphatic carbocycles. The van der Waals surface area contributed by atoms with E-state index in [1.165, 1.54) is 12.1 Å². The van der Waals surface area contributed by atoms with Crippen LogP contribution in [0.4, 0.5) is 10.3 Å². The van der Waals surface area contributed by atoms with Crippen molar-refractivity contribution >= 4 is 30.7 Å². The van der Waals surface area contributed by atoms with Crippen molar-refractivity contribution < 1.29 is 18.7 Å². The van der Waals surface area contributed by atoms with Crippen LogP contribution in [0, 0.1) is 5.82 Å². The second-order valence-corrected chi connectivity index (χ2v) is 10.8. The van der Waals surface area contributed by atoms with Gasteiger partial charge in [0.25, 0.3) is 0 Å². The van der Waals surface area contributed by atoms with Crippen LogP contribution < -0.4 is 9.62 Å². The number of unbranched alkanes of at least 4 members (excludes halogenated alkanes) is 1. The molecule has 1 saturated heterocycles. The number of halogens is 1. The molecule has 0 radical (unpaired) electrons. The Labute approximate surface area is 225 Å². The van der Waals surface area contributed by atoms with Crippen LogP contribution in [0.25, 0.3) is 17.3 Å². The topological polar surface area (TPSA) is 76.6 Å². The lowest BCUT2D eigenvalue weighted by Gasteiger charge is -2.39. The highest BCUT2D eigenvalue weighted by atomic mass is 32.1. The Hall–Kier alpha value is -2.49. The maximum Gasteiger partial charge on any atom is 0.235 e. The van der Waals surface area contributed by atoms with E-state index in [1.807, 2.05) is 26.0 Å². The van der Waals surface area contributed by atoms with Gasteiger partial charge < -0.3 is 14.8 Å². The molecule has 1 fully saturated rings. The molecule has 2 atom stereocenters. The lowest BCUT2D eigenvalue weighted by molar-refractivity contribution is -0.289. The molecule has 0 unspecified atom stereocenters. The SMILES string of the molecule is CCCCNC(=O)C[C@H]1C[C@@H](/C=C/c2c(-c3ccc(F)cc3)nc(N(C)S)nc2C(C)C)OC(C)(C)O1. The van der Waals surface area contributed by atoms with E-state index in [4.69, 9.17) is 19.4 Å². The molecule has 0 saturated carbocycles. The van der Waals surface area contributed by atoms with Gasteiger partial charge in [-0.05, 0) is 50.5 Å². The van der Waals surface area contributed by atoms with Crippen molar-refractivity contribution in [3.63, 3.8) is 0 Å². The zero-order valence-corrected chi connectivity index (χ0v) is 23.5. The first kappa shape index (κ1) is 29.1. The third-order valence-electron chi connectivity index (χ3n) is 6.04. The highest BCUT2D eigenvalue weighted by Crippen LogP contribution is 2.33. The fraction of sp³-hybridized carbons (Fsp3) is 0.536. The summed E-state index contributed by atoms with van der Waals surface area (Å²) in [5, 5.41) is 2.96. The molecule has 1 amide bonds. The number of benzene rings is 1. The second kappa shape index (κ2) is 12.8. The minimum atomic E-state index is -0.836. The van der Waals surface area contributed by atoms with E-state index in [1.54, 1.807) is 23.5 Å². The first-order chi connectivity index (χ1) is 17.5. The molecular weight excluding hydrogens is 491 g/mol. The van der Waals surface area contributed by atoms with E-state index in [9.17, 15) is 9.18 Å². The fourth-order valence-corrected chi connectivity index (χ4v) is 4.42. The molecule has 1 aliphatic rings. The maximum absolute atomic E-state index is 13.7. The summed E-state index contributed by atoms with van der Waals surface area (Å²) in [6, 6.07) is 6.26. The lowest BCUT2D eigenvalue weighted by Crippen LogP contribution is -2.45. The van der Waals surface area contributed by atoms with Gasteiger partial charge in [-0.25, -0.2) is 14.4 Å². The molecule has 9 heteroatoms. The number of nitrogens with zero attached hydrogens (tertiary/aromatic N) is 3.